The lowest BCUT2D eigenvalue weighted by Gasteiger charge is -2.41. The molecular formula is C13H24O4S. The molecule has 0 aliphatic carbocycles. The van der Waals surface area contributed by atoms with Crippen LogP contribution in [0.5, 0.6) is 0 Å². The zero-order valence-corrected chi connectivity index (χ0v) is 12.1. The lowest BCUT2D eigenvalue weighted by Crippen LogP contribution is -2.51. The second kappa shape index (κ2) is 7.89. The molecule has 0 radical (unpaired) electrons. The van der Waals surface area contributed by atoms with Crippen LogP contribution in [-0.2, 0) is 20.3 Å². The number of aliphatic hydroxyl groups excluding tert-OH is 1. The van der Waals surface area contributed by atoms with Crippen molar-refractivity contribution in [3.8, 4) is 0 Å². The van der Waals surface area contributed by atoms with Crippen molar-refractivity contribution in [1.82, 2.24) is 0 Å². The Balaban J connectivity index is 2.04. The van der Waals surface area contributed by atoms with E-state index in [1.165, 1.54) is 7.11 Å². The first-order valence-corrected chi connectivity index (χ1v) is 7.96. The van der Waals surface area contributed by atoms with Gasteiger partial charge in [-0.05, 0) is 18.8 Å². The molecule has 1 N–H and O–H groups in total. The molecule has 1 fully saturated rings. The van der Waals surface area contributed by atoms with Crippen molar-refractivity contribution in [2.75, 3.05) is 13.7 Å². The number of carbonyl (C=O) groups excluding carboxylic acids is 1. The van der Waals surface area contributed by atoms with Crippen molar-refractivity contribution in [3.05, 3.63) is 0 Å². The highest BCUT2D eigenvalue weighted by Crippen LogP contribution is 2.35. The smallest absolute Gasteiger partial charge is 0.305 e. The van der Waals surface area contributed by atoms with E-state index in [1.807, 2.05) is 6.92 Å². The van der Waals surface area contributed by atoms with Gasteiger partial charge in [-0.1, -0.05) is 26.2 Å². The fourth-order valence-corrected chi connectivity index (χ4v) is 4.38. The van der Waals surface area contributed by atoms with Crippen molar-refractivity contribution in [2.45, 2.75) is 55.9 Å². The van der Waals surface area contributed by atoms with Crippen molar-refractivity contribution >= 4 is 16.8 Å². The molecule has 106 valence electrons. The Kier molecular flexibility index (Phi) is 6.86. The molecule has 1 unspecified atom stereocenters. The molecule has 1 saturated heterocycles. The maximum Gasteiger partial charge on any atom is 0.305 e. The van der Waals surface area contributed by atoms with Gasteiger partial charge in [0, 0.05) is 22.5 Å². The summed E-state index contributed by atoms with van der Waals surface area (Å²) in [5.41, 5.74) is 0. The van der Waals surface area contributed by atoms with Crippen LogP contribution in [0.3, 0.4) is 0 Å². The molecule has 4 nitrogen and oxygen atoms in total. The Hall–Kier alpha value is -0.420. The fourth-order valence-electron chi connectivity index (χ4n) is 2.57. The first kappa shape index (κ1) is 15.6. The quantitative estimate of drug-likeness (QED) is 0.540. The number of esters is 1. The fraction of sp³-hybridized carbons (Fsp3) is 0.923. The molecule has 0 aromatic carbocycles. The molecule has 0 aromatic heterocycles. The number of unbranched alkanes of at least 4 members (excludes halogenated alkanes) is 3. The summed E-state index contributed by atoms with van der Waals surface area (Å²) in [6, 6.07) is 0. The highest BCUT2D eigenvalue weighted by Gasteiger charge is 2.44. The summed E-state index contributed by atoms with van der Waals surface area (Å²) in [7, 11) is 0.580. The average Bonchev–Trinajstić information content (AvgIpc) is 2.39. The summed E-state index contributed by atoms with van der Waals surface area (Å²) in [5, 5.41) is 9.36. The maximum atomic E-state index is 11.5. The summed E-state index contributed by atoms with van der Waals surface area (Å²) < 4.78 is 16.1. The number of rotatable bonds is 8. The number of ether oxygens (including phenoxy) is 1. The standard InChI is InChI=1S/C13H24O4S/c1-10-11(12(9-14)18(10)16)7-5-3-4-6-8-13(15)17-2/h10-12,14H,3-9H2,1-2H3/t10-,11+,12-,18?/m1/s1. The van der Waals surface area contributed by atoms with Crippen molar-refractivity contribution in [2.24, 2.45) is 5.92 Å². The van der Waals surface area contributed by atoms with Crippen LogP contribution in [0.15, 0.2) is 0 Å². The minimum atomic E-state index is -0.832. The first-order valence-electron chi connectivity index (χ1n) is 6.68. The average molecular weight is 276 g/mol. The number of methoxy groups -OCH3 is 1. The molecule has 18 heavy (non-hydrogen) atoms. The minimum absolute atomic E-state index is 0.00457. The van der Waals surface area contributed by atoms with Crippen molar-refractivity contribution in [3.63, 3.8) is 0 Å². The van der Waals surface area contributed by atoms with Gasteiger partial charge in [0.15, 0.2) is 0 Å². The van der Waals surface area contributed by atoms with Gasteiger partial charge in [0.05, 0.1) is 19.0 Å². The molecule has 1 aliphatic rings. The maximum absolute atomic E-state index is 11.5. The summed E-state index contributed by atoms with van der Waals surface area (Å²) in [6.07, 6.45) is 5.62. The van der Waals surface area contributed by atoms with Gasteiger partial charge in [0.2, 0.25) is 0 Å². The largest absolute Gasteiger partial charge is 0.469 e. The van der Waals surface area contributed by atoms with Crippen LogP contribution in [0.25, 0.3) is 0 Å². The van der Waals surface area contributed by atoms with Gasteiger partial charge in [0.1, 0.15) is 0 Å². The number of carbonyl (C=O) groups is 1. The highest BCUT2D eigenvalue weighted by atomic mass is 32.2. The van der Waals surface area contributed by atoms with Crippen LogP contribution in [0, 0.1) is 5.92 Å². The van der Waals surface area contributed by atoms with Gasteiger partial charge in [-0.15, -0.1) is 0 Å². The second-order valence-electron chi connectivity index (χ2n) is 4.95. The molecule has 1 aliphatic heterocycles. The molecule has 0 amide bonds. The molecule has 0 saturated carbocycles. The summed E-state index contributed by atoms with van der Waals surface area (Å²) >= 11 is 0. The lowest BCUT2D eigenvalue weighted by atomic mass is 9.93. The Morgan fingerprint density at radius 2 is 1.94 bits per heavy atom. The molecular weight excluding hydrogens is 252 g/mol. The highest BCUT2D eigenvalue weighted by molar-refractivity contribution is 7.87. The zero-order chi connectivity index (χ0) is 13.5. The van der Waals surface area contributed by atoms with Gasteiger partial charge in [-0.25, -0.2) is 0 Å². The van der Waals surface area contributed by atoms with Crippen LogP contribution in [-0.4, -0.2) is 39.5 Å². The van der Waals surface area contributed by atoms with Crippen LogP contribution < -0.4 is 0 Å². The van der Waals surface area contributed by atoms with Gasteiger partial charge in [0.25, 0.3) is 0 Å². The predicted molar refractivity (Wildman–Crippen MR) is 71.7 cm³/mol. The molecule has 5 heteroatoms. The number of aliphatic hydroxyl groups is 1. The van der Waals surface area contributed by atoms with Crippen LogP contribution >= 0.6 is 0 Å². The van der Waals surface area contributed by atoms with E-state index in [0.717, 1.165) is 32.1 Å². The molecule has 1 heterocycles. The van der Waals surface area contributed by atoms with E-state index >= 15 is 0 Å². The summed E-state index contributed by atoms with van der Waals surface area (Å²) in [4.78, 5) is 10.9. The van der Waals surface area contributed by atoms with E-state index in [1.54, 1.807) is 0 Å². The van der Waals surface area contributed by atoms with Gasteiger partial charge >= 0.3 is 5.97 Å². The minimum Gasteiger partial charge on any atom is -0.469 e. The second-order valence-corrected chi connectivity index (χ2v) is 6.95. The van der Waals surface area contributed by atoms with Crippen molar-refractivity contribution in [1.29, 1.82) is 0 Å². The number of hydrogen-bond donors (Lipinski definition) is 1. The normalized spacial score (nSPS) is 30.8. The van der Waals surface area contributed by atoms with E-state index in [9.17, 15) is 9.00 Å². The van der Waals surface area contributed by atoms with Gasteiger partial charge in [-0.2, -0.15) is 0 Å². The Bertz CT molecular complexity index is 293. The number of hydrogen-bond acceptors (Lipinski definition) is 4. The van der Waals surface area contributed by atoms with E-state index < -0.39 is 10.8 Å². The SMILES string of the molecule is COC(=O)CCCCCC[C@H]1[C@@H](C)S(=O)[C@@H]1CO. The topological polar surface area (TPSA) is 63.6 Å². The Morgan fingerprint density at radius 1 is 1.28 bits per heavy atom. The van der Waals surface area contributed by atoms with Crippen molar-refractivity contribution < 1.29 is 18.8 Å². The monoisotopic (exact) mass is 276 g/mol. The van der Waals surface area contributed by atoms with Crippen LogP contribution in [0.1, 0.15) is 45.4 Å². The molecule has 1 rings (SSSR count). The molecule has 0 aromatic rings. The third-order valence-corrected chi connectivity index (χ3v) is 6.00. The van der Waals surface area contributed by atoms with E-state index in [2.05, 4.69) is 4.74 Å². The van der Waals surface area contributed by atoms with Gasteiger partial charge in [-0.3, -0.25) is 9.00 Å². The Morgan fingerprint density at radius 3 is 2.56 bits per heavy atom. The zero-order valence-electron chi connectivity index (χ0n) is 11.3. The van der Waals surface area contributed by atoms with Gasteiger partial charge < -0.3 is 9.84 Å². The van der Waals surface area contributed by atoms with E-state index in [4.69, 9.17) is 5.11 Å². The van der Waals surface area contributed by atoms with E-state index in [0.29, 0.717) is 12.3 Å². The predicted octanol–water partition coefficient (Wildman–Crippen LogP) is 1.63. The summed E-state index contributed by atoms with van der Waals surface area (Å²) in [6.45, 7) is 2.05. The molecule has 0 spiro atoms. The first-order chi connectivity index (χ1) is 8.61. The Labute approximate surface area is 112 Å². The van der Waals surface area contributed by atoms with E-state index in [-0.39, 0.29) is 23.1 Å². The third-order valence-electron chi connectivity index (χ3n) is 3.82. The van der Waals surface area contributed by atoms with Crippen LogP contribution in [0.4, 0.5) is 0 Å². The lowest BCUT2D eigenvalue weighted by molar-refractivity contribution is -0.140. The summed E-state index contributed by atoms with van der Waals surface area (Å²) in [5.74, 6) is 0.273. The molecule has 4 atom stereocenters. The molecule has 0 bridgehead atoms. The van der Waals surface area contributed by atoms with Crippen LogP contribution in [0.2, 0.25) is 0 Å². The third kappa shape index (κ3) is 4.05.